The highest BCUT2D eigenvalue weighted by Crippen LogP contribution is 2.07. The Bertz CT molecular complexity index is 712. The number of hydrogen-bond donors (Lipinski definition) is 2. The van der Waals surface area contributed by atoms with Gasteiger partial charge in [0.15, 0.2) is 11.2 Å². The highest BCUT2D eigenvalue weighted by Gasteiger charge is 2.10. The van der Waals surface area contributed by atoms with Crippen LogP contribution in [0.5, 0.6) is 0 Å². The SMILES string of the molecule is Nc1ncnc2nc(=O)c3[nH]cnc3n12. The summed E-state index contributed by atoms with van der Waals surface area (Å²) < 4.78 is 1.41. The lowest BCUT2D eigenvalue weighted by Gasteiger charge is -2.01. The Kier molecular flexibility index (Phi) is 1.31. The molecule has 3 rings (SSSR count). The molecule has 3 heterocycles. The van der Waals surface area contributed by atoms with Crippen molar-refractivity contribution < 1.29 is 0 Å². The summed E-state index contributed by atoms with van der Waals surface area (Å²) >= 11 is 0. The fourth-order valence-electron chi connectivity index (χ4n) is 1.40. The third-order valence-electron chi connectivity index (χ3n) is 2.04. The minimum Gasteiger partial charge on any atom is -0.369 e. The van der Waals surface area contributed by atoms with Crippen LogP contribution in [0.1, 0.15) is 0 Å². The largest absolute Gasteiger partial charge is 0.369 e. The molecule has 15 heavy (non-hydrogen) atoms. The zero-order valence-electron chi connectivity index (χ0n) is 7.38. The van der Waals surface area contributed by atoms with Crippen molar-refractivity contribution >= 4 is 22.9 Å². The second-order valence-electron chi connectivity index (χ2n) is 2.89. The number of H-pyrrole nitrogens is 1. The summed E-state index contributed by atoms with van der Waals surface area (Å²) in [5, 5.41) is 0. The molecule has 0 aliphatic rings. The van der Waals surface area contributed by atoms with Gasteiger partial charge in [-0.15, -0.1) is 0 Å². The first-order valence-corrected chi connectivity index (χ1v) is 4.09. The molecule has 0 aromatic carbocycles. The van der Waals surface area contributed by atoms with E-state index < -0.39 is 5.56 Å². The van der Waals surface area contributed by atoms with Crippen molar-refractivity contribution in [2.75, 3.05) is 5.73 Å². The molecule has 0 radical (unpaired) electrons. The van der Waals surface area contributed by atoms with E-state index in [4.69, 9.17) is 5.73 Å². The Balaban J connectivity index is 2.74. The van der Waals surface area contributed by atoms with E-state index >= 15 is 0 Å². The van der Waals surface area contributed by atoms with Gasteiger partial charge in [0.05, 0.1) is 6.33 Å². The van der Waals surface area contributed by atoms with Crippen LogP contribution in [0.25, 0.3) is 16.9 Å². The second-order valence-corrected chi connectivity index (χ2v) is 2.89. The number of hydrogen-bond acceptors (Lipinski definition) is 6. The first-order chi connectivity index (χ1) is 7.27. The maximum Gasteiger partial charge on any atom is 0.300 e. The van der Waals surface area contributed by atoms with E-state index in [0.717, 1.165) is 0 Å². The first-order valence-electron chi connectivity index (χ1n) is 4.09. The van der Waals surface area contributed by atoms with Gasteiger partial charge in [0.25, 0.3) is 0 Å². The summed E-state index contributed by atoms with van der Waals surface area (Å²) in [6.45, 7) is 0. The molecule has 8 heteroatoms. The van der Waals surface area contributed by atoms with Crippen molar-refractivity contribution in [1.82, 2.24) is 29.3 Å². The quantitative estimate of drug-likeness (QED) is 0.481. The Morgan fingerprint density at radius 3 is 3.07 bits per heavy atom. The van der Waals surface area contributed by atoms with Gasteiger partial charge in [0.1, 0.15) is 6.33 Å². The third-order valence-corrected chi connectivity index (χ3v) is 2.04. The Hall–Kier alpha value is -2.51. The van der Waals surface area contributed by atoms with E-state index in [1.807, 2.05) is 0 Å². The number of aromatic nitrogens is 6. The fraction of sp³-hybridized carbons (Fsp3) is 0. The summed E-state index contributed by atoms with van der Waals surface area (Å²) in [6, 6.07) is 0. The average molecular weight is 203 g/mol. The number of fused-ring (bicyclic) bond motifs is 3. The van der Waals surface area contributed by atoms with Crippen molar-refractivity contribution in [3.05, 3.63) is 23.0 Å². The molecule has 0 saturated heterocycles. The van der Waals surface area contributed by atoms with Crippen LogP contribution in [0.15, 0.2) is 17.4 Å². The summed E-state index contributed by atoms with van der Waals surface area (Å²) in [4.78, 5) is 29.5. The van der Waals surface area contributed by atoms with E-state index in [1.54, 1.807) is 0 Å². The van der Waals surface area contributed by atoms with Crippen LogP contribution in [-0.2, 0) is 0 Å². The maximum atomic E-state index is 11.5. The zero-order valence-corrected chi connectivity index (χ0v) is 7.38. The predicted molar refractivity (Wildman–Crippen MR) is 51.1 cm³/mol. The lowest BCUT2D eigenvalue weighted by Crippen LogP contribution is -2.14. The Morgan fingerprint density at radius 2 is 2.20 bits per heavy atom. The number of nitrogens with zero attached hydrogens (tertiary/aromatic N) is 5. The van der Waals surface area contributed by atoms with E-state index in [2.05, 4.69) is 24.9 Å². The van der Waals surface area contributed by atoms with Crippen LogP contribution in [0.2, 0.25) is 0 Å². The molecule has 74 valence electrons. The molecular formula is C7H5N7O. The summed E-state index contributed by atoms with van der Waals surface area (Å²) in [6.07, 6.45) is 2.64. The van der Waals surface area contributed by atoms with Crippen molar-refractivity contribution in [1.29, 1.82) is 0 Å². The molecule has 0 atom stereocenters. The number of nitrogens with two attached hydrogens (primary N) is 1. The summed E-state index contributed by atoms with van der Waals surface area (Å²) in [5.74, 6) is 0.372. The average Bonchev–Trinajstić information content (AvgIpc) is 2.66. The Morgan fingerprint density at radius 1 is 1.33 bits per heavy atom. The van der Waals surface area contributed by atoms with Gasteiger partial charge in [-0.1, -0.05) is 0 Å². The van der Waals surface area contributed by atoms with E-state index in [-0.39, 0.29) is 17.2 Å². The molecular weight excluding hydrogens is 198 g/mol. The molecule has 0 fully saturated rings. The molecule has 8 nitrogen and oxygen atoms in total. The zero-order chi connectivity index (χ0) is 10.4. The van der Waals surface area contributed by atoms with Gasteiger partial charge >= 0.3 is 5.56 Å². The molecule has 3 aromatic rings. The van der Waals surface area contributed by atoms with Crippen LogP contribution in [-0.4, -0.2) is 29.3 Å². The molecule has 3 N–H and O–H groups in total. The van der Waals surface area contributed by atoms with Gasteiger partial charge < -0.3 is 10.7 Å². The normalized spacial score (nSPS) is 11.2. The first kappa shape index (κ1) is 7.85. The van der Waals surface area contributed by atoms with Crippen molar-refractivity contribution in [3.8, 4) is 0 Å². The highest BCUT2D eigenvalue weighted by molar-refractivity contribution is 5.72. The van der Waals surface area contributed by atoms with Crippen LogP contribution < -0.4 is 11.3 Å². The monoisotopic (exact) mass is 203 g/mol. The van der Waals surface area contributed by atoms with E-state index in [0.29, 0.717) is 5.65 Å². The number of nitrogens with one attached hydrogen (secondary N) is 1. The minimum atomic E-state index is -0.416. The molecule has 0 unspecified atom stereocenters. The maximum absolute atomic E-state index is 11.5. The van der Waals surface area contributed by atoms with Crippen LogP contribution in [0.4, 0.5) is 5.95 Å². The van der Waals surface area contributed by atoms with Crippen molar-refractivity contribution in [3.63, 3.8) is 0 Å². The third kappa shape index (κ3) is 0.923. The molecule has 0 aliphatic heterocycles. The number of rotatable bonds is 0. The molecule has 0 bridgehead atoms. The van der Waals surface area contributed by atoms with Crippen molar-refractivity contribution in [2.45, 2.75) is 0 Å². The van der Waals surface area contributed by atoms with Gasteiger partial charge in [0, 0.05) is 0 Å². The lowest BCUT2D eigenvalue weighted by molar-refractivity contribution is 0.995. The number of aromatic amines is 1. The number of imidazole rings is 1. The minimum absolute atomic E-state index is 0.185. The topological polar surface area (TPSA) is 115 Å². The molecule has 3 aromatic heterocycles. The van der Waals surface area contributed by atoms with Crippen LogP contribution in [0, 0.1) is 0 Å². The lowest BCUT2D eigenvalue weighted by atomic mass is 10.5. The molecule has 0 saturated carbocycles. The van der Waals surface area contributed by atoms with Crippen LogP contribution in [0.3, 0.4) is 0 Å². The second kappa shape index (κ2) is 2.50. The van der Waals surface area contributed by atoms with Gasteiger partial charge in [-0.25, -0.2) is 19.4 Å². The fourth-order valence-corrected chi connectivity index (χ4v) is 1.40. The van der Waals surface area contributed by atoms with Crippen LogP contribution >= 0.6 is 0 Å². The standard InChI is InChI=1S/C7H5N7O/c8-6-11-2-12-7-13-5(15)3-4(14(6)7)10-1-9-3/h1-2H,(H,9,10)(H2,8,11,12,13,15). The van der Waals surface area contributed by atoms with E-state index in [9.17, 15) is 4.79 Å². The Labute approximate surface area is 81.8 Å². The number of nitrogen functional groups attached to an aromatic ring is 1. The van der Waals surface area contributed by atoms with Crippen molar-refractivity contribution in [2.24, 2.45) is 0 Å². The van der Waals surface area contributed by atoms with Gasteiger partial charge in [0.2, 0.25) is 11.7 Å². The van der Waals surface area contributed by atoms with E-state index in [1.165, 1.54) is 17.1 Å². The summed E-state index contributed by atoms with van der Waals surface area (Å²) in [5.41, 5.74) is 5.90. The van der Waals surface area contributed by atoms with Gasteiger partial charge in [-0.3, -0.25) is 4.79 Å². The summed E-state index contributed by atoms with van der Waals surface area (Å²) in [7, 11) is 0. The highest BCUT2D eigenvalue weighted by atomic mass is 16.1. The predicted octanol–water partition coefficient (Wildman–Crippen LogP) is -1.06. The molecule has 0 aliphatic carbocycles. The van der Waals surface area contributed by atoms with Gasteiger partial charge in [-0.05, 0) is 0 Å². The molecule has 0 amide bonds. The molecule has 0 spiro atoms. The smallest absolute Gasteiger partial charge is 0.300 e. The van der Waals surface area contributed by atoms with Gasteiger partial charge in [-0.2, -0.15) is 4.98 Å². The number of anilines is 1.